The summed E-state index contributed by atoms with van der Waals surface area (Å²) in [6, 6.07) is 39.5. The van der Waals surface area contributed by atoms with Crippen LogP contribution in [0.4, 0.5) is 0 Å². The fraction of sp³-hybridized carbons (Fsp3) is 0. The SMILES string of the molecule is O=C(NC(=C(Cl)Cl)P(I)(c1ccccc1)(c1ccccc1)c1ccccc1)c1ccccc1. The van der Waals surface area contributed by atoms with E-state index in [0.717, 1.165) is 15.9 Å². The molecule has 1 amide bonds. The maximum absolute atomic E-state index is 13.4. The van der Waals surface area contributed by atoms with Crippen LogP contribution >= 0.6 is 49.5 Å². The second kappa shape index (κ2) is 9.99. The van der Waals surface area contributed by atoms with Gasteiger partial charge in [-0.1, -0.05) is 0 Å². The Hall–Kier alpha value is -2.17. The third kappa shape index (κ3) is 4.24. The van der Waals surface area contributed by atoms with Crippen molar-refractivity contribution < 1.29 is 4.79 Å². The van der Waals surface area contributed by atoms with E-state index in [4.69, 9.17) is 23.2 Å². The van der Waals surface area contributed by atoms with Crippen molar-refractivity contribution in [1.82, 2.24) is 5.32 Å². The maximum atomic E-state index is 13.4. The topological polar surface area (TPSA) is 29.1 Å². The Labute approximate surface area is 217 Å². The molecule has 0 unspecified atom stereocenters. The quantitative estimate of drug-likeness (QED) is 0.188. The van der Waals surface area contributed by atoms with Gasteiger partial charge < -0.3 is 0 Å². The summed E-state index contributed by atoms with van der Waals surface area (Å²) in [6.07, 6.45) is 0. The van der Waals surface area contributed by atoms with Gasteiger partial charge in [0.15, 0.2) is 0 Å². The van der Waals surface area contributed by atoms with Gasteiger partial charge in [0.05, 0.1) is 0 Å². The van der Waals surface area contributed by atoms with Crippen LogP contribution in [0.25, 0.3) is 0 Å². The molecule has 0 aliphatic carbocycles. The first-order chi connectivity index (χ1) is 16.0. The first kappa shape index (κ1) is 24.0. The van der Waals surface area contributed by atoms with Crippen molar-refractivity contribution in [2.45, 2.75) is 0 Å². The van der Waals surface area contributed by atoms with Gasteiger partial charge in [-0.3, -0.25) is 0 Å². The summed E-state index contributed by atoms with van der Waals surface area (Å²) >= 11 is 15.8. The molecule has 1 N–H and O–H groups in total. The van der Waals surface area contributed by atoms with Gasteiger partial charge >= 0.3 is 218 Å². The van der Waals surface area contributed by atoms with E-state index in [1.807, 2.05) is 72.8 Å². The molecule has 0 heterocycles. The van der Waals surface area contributed by atoms with E-state index >= 15 is 0 Å². The first-order valence-electron chi connectivity index (χ1n) is 10.3. The van der Waals surface area contributed by atoms with Crippen LogP contribution in [0.3, 0.4) is 0 Å². The van der Waals surface area contributed by atoms with E-state index in [2.05, 4.69) is 63.8 Å². The average Bonchev–Trinajstić information content (AvgIpc) is 2.88. The summed E-state index contributed by atoms with van der Waals surface area (Å²) < 4.78 is -3.55. The van der Waals surface area contributed by atoms with Crippen LogP contribution in [0.2, 0.25) is 0 Å². The van der Waals surface area contributed by atoms with Crippen LogP contribution in [0.5, 0.6) is 0 Å². The van der Waals surface area contributed by atoms with Crippen molar-refractivity contribution in [2.24, 2.45) is 0 Å². The predicted octanol–water partition coefficient (Wildman–Crippen LogP) is 6.90. The van der Waals surface area contributed by atoms with Crippen molar-refractivity contribution in [2.75, 3.05) is 0 Å². The summed E-state index contributed by atoms with van der Waals surface area (Å²) in [4.78, 5) is 13.4. The van der Waals surface area contributed by atoms with E-state index < -0.39 is 4.25 Å². The Morgan fingerprint density at radius 3 is 1.27 bits per heavy atom. The number of halogens is 3. The van der Waals surface area contributed by atoms with Gasteiger partial charge in [0.1, 0.15) is 0 Å². The molecule has 0 saturated carbocycles. The van der Waals surface area contributed by atoms with Crippen LogP contribution in [0.15, 0.2) is 131 Å². The normalized spacial score (nSPS) is 12.3. The molecule has 0 aromatic heterocycles. The first-order valence-corrected chi connectivity index (χ1v) is 16.1. The van der Waals surface area contributed by atoms with Gasteiger partial charge in [-0.25, -0.2) is 0 Å². The molecule has 2 nitrogen and oxygen atoms in total. The standard InChI is InChI=1S/C27H21Cl2INOP/c28-25(29)27(31-26(32)21-13-5-1-6-14-21)33(30,22-15-7-2-8-16-22,23-17-9-3-10-18-23)24-19-11-4-12-20-24/h1-20H,(H,31,32). The molecule has 0 aliphatic heterocycles. The molecule has 6 heteroatoms. The van der Waals surface area contributed by atoms with E-state index in [0.29, 0.717) is 11.0 Å². The van der Waals surface area contributed by atoms with Crippen LogP contribution in [0, 0.1) is 0 Å². The molecule has 0 radical (unpaired) electrons. The second-order valence-electron chi connectivity index (χ2n) is 7.44. The van der Waals surface area contributed by atoms with E-state index in [-0.39, 0.29) is 10.4 Å². The number of nitrogens with one attached hydrogen (secondary N) is 1. The zero-order valence-corrected chi connectivity index (χ0v) is 22.1. The zero-order chi connectivity index (χ0) is 23.3. The average molecular weight is 604 g/mol. The second-order valence-corrected chi connectivity index (χ2v) is 18.2. The fourth-order valence-electron chi connectivity index (χ4n) is 4.04. The summed E-state index contributed by atoms with van der Waals surface area (Å²) in [6.45, 7) is 0. The third-order valence-corrected chi connectivity index (χ3v) is 17.7. The minimum atomic E-state index is -3.59. The van der Waals surface area contributed by atoms with Crippen LogP contribution in [-0.2, 0) is 0 Å². The molecule has 33 heavy (non-hydrogen) atoms. The summed E-state index contributed by atoms with van der Waals surface area (Å²) in [5.41, 5.74) is 1.03. The molecule has 4 aromatic carbocycles. The Balaban J connectivity index is 2.10. The molecule has 166 valence electrons. The molecule has 4 aromatic rings. The van der Waals surface area contributed by atoms with Crippen LogP contribution in [-0.4, -0.2) is 5.91 Å². The molecule has 0 aliphatic rings. The predicted molar refractivity (Wildman–Crippen MR) is 152 cm³/mol. The van der Waals surface area contributed by atoms with Gasteiger partial charge in [-0.05, 0) is 0 Å². The number of carbonyl (C=O) groups is 1. The Morgan fingerprint density at radius 1 is 0.606 bits per heavy atom. The molecule has 0 spiro atoms. The van der Waals surface area contributed by atoms with Crippen molar-refractivity contribution in [3.05, 3.63) is 137 Å². The fourth-order valence-corrected chi connectivity index (χ4v) is 14.5. The number of hydrogen-bond donors (Lipinski definition) is 1. The summed E-state index contributed by atoms with van der Waals surface area (Å²) in [5, 5.41) is 6.23. The number of benzene rings is 4. The van der Waals surface area contributed by atoms with Crippen molar-refractivity contribution in [3.63, 3.8) is 0 Å². The van der Waals surface area contributed by atoms with E-state index in [1.165, 1.54) is 0 Å². The number of rotatable bonds is 6. The van der Waals surface area contributed by atoms with Crippen LogP contribution in [0.1, 0.15) is 10.4 Å². The number of amides is 1. The molecule has 0 saturated heterocycles. The van der Waals surface area contributed by atoms with Crippen molar-refractivity contribution in [1.29, 1.82) is 0 Å². The number of carbonyl (C=O) groups excluding carboxylic acids is 1. The molecular formula is C27H21Cl2INOP. The van der Waals surface area contributed by atoms with Gasteiger partial charge in [0.25, 0.3) is 0 Å². The zero-order valence-electron chi connectivity index (χ0n) is 17.5. The van der Waals surface area contributed by atoms with E-state index in [1.54, 1.807) is 12.1 Å². The Kier molecular flexibility index (Phi) is 7.25. The minimum absolute atomic E-state index is 0.0305. The van der Waals surface area contributed by atoms with Gasteiger partial charge in [0, 0.05) is 0 Å². The number of hydrogen-bond acceptors (Lipinski definition) is 1. The Bertz CT molecular complexity index is 1180. The molecule has 4 rings (SSSR count). The van der Waals surface area contributed by atoms with Crippen molar-refractivity contribution in [3.8, 4) is 0 Å². The van der Waals surface area contributed by atoms with Gasteiger partial charge in [0.2, 0.25) is 0 Å². The van der Waals surface area contributed by atoms with Crippen molar-refractivity contribution >= 4 is 71.3 Å². The molecule has 0 bridgehead atoms. The van der Waals surface area contributed by atoms with Gasteiger partial charge in [-0.15, -0.1) is 0 Å². The third-order valence-electron chi connectivity index (χ3n) is 5.59. The summed E-state index contributed by atoms with van der Waals surface area (Å²) in [7, 11) is 0. The van der Waals surface area contributed by atoms with Crippen LogP contribution < -0.4 is 21.2 Å². The van der Waals surface area contributed by atoms with Gasteiger partial charge in [-0.2, -0.15) is 0 Å². The summed E-state index contributed by atoms with van der Waals surface area (Å²) in [5.74, 6) is -0.266. The molecule has 0 atom stereocenters. The van der Waals surface area contributed by atoms with E-state index in [9.17, 15) is 4.79 Å². The monoisotopic (exact) mass is 603 g/mol. The molecular weight excluding hydrogens is 583 g/mol. The molecule has 0 fully saturated rings. The Morgan fingerprint density at radius 2 is 0.939 bits per heavy atom.